The van der Waals surface area contributed by atoms with Gasteiger partial charge in [-0.3, -0.25) is 9.78 Å². The number of hydrogen-bond acceptors (Lipinski definition) is 5. The largest absolute Gasteiger partial charge is 0.433 e. The molecule has 0 radical (unpaired) electrons. The minimum absolute atomic E-state index is 0.0265. The van der Waals surface area contributed by atoms with Crippen molar-refractivity contribution in [1.82, 2.24) is 4.98 Å². The highest BCUT2D eigenvalue weighted by molar-refractivity contribution is 6.04. The van der Waals surface area contributed by atoms with Crippen LogP contribution >= 0.6 is 0 Å². The Hall–Kier alpha value is -2.40. The molecule has 0 aromatic carbocycles. The number of allylic oxidation sites excluding steroid dienone is 1. The van der Waals surface area contributed by atoms with Crippen molar-refractivity contribution < 1.29 is 27.4 Å². The highest BCUT2D eigenvalue weighted by atomic mass is 19.3. The van der Waals surface area contributed by atoms with Crippen molar-refractivity contribution in [2.75, 3.05) is 7.11 Å². The van der Waals surface area contributed by atoms with Crippen molar-refractivity contribution >= 4 is 5.78 Å². The number of methoxy groups -OCH3 is 1. The zero-order valence-corrected chi connectivity index (χ0v) is 13.3. The second kappa shape index (κ2) is 6.24. The third-order valence-electron chi connectivity index (χ3n) is 3.86. The van der Waals surface area contributed by atoms with Crippen LogP contribution in [0.2, 0.25) is 0 Å². The van der Waals surface area contributed by atoms with Crippen LogP contribution in [-0.2, 0) is 15.1 Å². The molecular weight excluding hydrogens is 325 g/mol. The van der Waals surface area contributed by atoms with Gasteiger partial charge < -0.3 is 9.47 Å². The van der Waals surface area contributed by atoms with E-state index in [9.17, 15) is 23.2 Å². The second-order valence-corrected chi connectivity index (χ2v) is 6.03. The minimum atomic E-state index is -3.20. The average molecular weight is 340 g/mol. The summed E-state index contributed by atoms with van der Waals surface area (Å²) in [4.78, 5) is 16.1. The van der Waals surface area contributed by atoms with E-state index in [4.69, 9.17) is 4.74 Å². The molecule has 128 valence electrons. The summed E-state index contributed by atoms with van der Waals surface area (Å²) in [5.41, 5.74) is -2.78. The molecule has 0 N–H and O–H groups in total. The van der Waals surface area contributed by atoms with Gasteiger partial charge in [0.25, 0.3) is 0 Å². The number of rotatable bonds is 4. The van der Waals surface area contributed by atoms with Crippen molar-refractivity contribution in [3.05, 3.63) is 35.4 Å². The molecule has 0 fully saturated rings. The van der Waals surface area contributed by atoms with Gasteiger partial charge in [-0.25, -0.2) is 4.39 Å². The zero-order chi connectivity index (χ0) is 18.1. The highest BCUT2D eigenvalue weighted by Gasteiger charge is 2.48. The Balaban J connectivity index is 2.69. The number of aromatic nitrogens is 1. The Morgan fingerprint density at radius 2 is 2.08 bits per heavy atom. The Bertz CT molecular complexity index is 741. The van der Waals surface area contributed by atoms with Gasteiger partial charge in [-0.05, 0) is 12.5 Å². The first kappa shape index (κ1) is 17.9. The van der Waals surface area contributed by atoms with Crippen LogP contribution in [0.1, 0.15) is 26.0 Å². The number of nitrogens with zero attached hydrogens (tertiary/aromatic N) is 2. The summed E-state index contributed by atoms with van der Waals surface area (Å²) >= 11 is 0. The Morgan fingerprint density at radius 1 is 1.42 bits per heavy atom. The second-order valence-electron chi connectivity index (χ2n) is 6.03. The maximum atomic E-state index is 13.4. The molecule has 1 aliphatic rings. The first-order chi connectivity index (χ1) is 11.1. The van der Waals surface area contributed by atoms with Gasteiger partial charge in [-0.1, -0.05) is 13.8 Å². The van der Waals surface area contributed by atoms with Gasteiger partial charge in [-0.2, -0.15) is 14.0 Å². The van der Waals surface area contributed by atoms with Gasteiger partial charge in [0.15, 0.2) is 11.5 Å². The van der Waals surface area contributed by atoms with E-state index >= 15 is 0 Å². The average Bonchev–Trinajstić information content (AvgIpc) is 2.49. The molecule has 1 aromatic heterocycles. The number of carbonyl (C=O) groups is 1. The third kappa shape index (κ3) is 3.12. The molecule has 8 heteroatoms. The molecular formula is C16H15F3N2O3. The number of alkyl halides is 2. The molecule has 0 spiro atoms. The number of hydrogen-bond donors (Lipinski definition) is 0. The summed E-state index contributed by atoms with van der Waals surface area (Å²) in [6, 6.07) is 2.54. The summed E-state index contributed by atoms with van der Waals surface area (Å²) in [7, 11) is 1.29. The van der Waals surface area contributed by atoms with Gasteiger partial charge in [0, 0.05) is 18.6 Å². The number of pyridine rings is 1. The monoisotopic (exact) mass is 340 g/mol. The van der Waals surface area contributed by atoms with Crippen LogP contribution in [0, 0.1) is 22.6 Å². The van der Waals surface area contributed by atoms with Crippen LogP contribution in [0.25, 0.3) is 0 Å². The predicted molar refractivity (Wildman–Crippen MR) is 76.6 cm³/mol. The summed E-state index contributed by atoms with van der Waals surface area (Å²) < 4.78 is 48.5. The first-order valence-electron chi connectivity index (χ1n) is 6.99. The van der Waals surface area contributed by atoms with Gasteiger partial charge >= 0.3 is 6.61 Å². The van der Waals surface area contributed by atoms with Gasteiger partial charge in [0.05, 0.1) is 11.8 Å². The number of ketones is 1. The van der Waals surface area contributed by atoms with Crippen molar-refractivity contribution in [3.63, 3.8) is 0 Å². The van der Waals surface area contributed by atoms with E-state index in [-0.39, 0.29) is 17.7 Å². The first-order valence-corrected chi connectivity index (χ1v) is 6.99. The van der Waals surface area contributed by atoms with Gasteiger partial charge in [0.2, 0.25) is 0 Å². The quantitative estimate of drug-likeness (QED) is 0.842. The molecule has 1 aliphatic carbocycles. The smallest absolute Gasteiger partial charge is 0.387 e. The molecule has 2 rings (SSSR count). The van der Waals surface area contributed by atoms with E-state index in [1.165, 1.54) is 13.2 Å². The number of Topliss-reactive ketones (excluding diaryl/α,β-unsaturated/α-hetero) is 1. The minimum Gasteiger partial charge on any atom is -0.433 e. The molecule has 1 aromatic rings. The maximum absolute atomic E-state index is 13.4. The molecule has 24 heavy (non-hydrogen) atoms. The lowest BCUT2D eigenvalue weighted by atomic mass is 9.68. The number of nitriles is 1. The lowest BCUT2D eigenvalue weighted by molar-refractivity contribution is -0.129. The molecule has 0 saturated carbocycles. The molecule has 5 nitrogen and oxygen atoms in total. The SMILES string of the molecule is COC1(c2ncc(F)cc2OC(F)F)C=C(C#N)C(=O)C(C)(C)C1. The lowest BCUT2D eigenvalue weighted by Crippen LogP contribution is -2.42. The Labute approximate surface area is 136 Å². The van der Waals surface area contributed by atoms with Crippen LogP contribution in [0.4, 0.5) is 13.2 Å². The van der Waals surface area contributed by atoms with E-state index in [1.807, 2.05) is 0 Å². The fraction of sp³-hybridized carbons (Fsp3) is 0.438. The molecule has 1 unspecified atom stereocenters. The normalized spacial score (nSPS) is 22.9. The van der Waals surface area contributed by atoms with Crippen LogP contribution < -0.4 is 4.74 Å². The van der Waals surface area contributed by atoms with Crippen LogP contribution in [0.3, 0.4) is 0 Å². The van der Waals surface area contributed by atoms with Crippen molar-refractivity contribution in [1.29, 1.82) is 5.26 Å². The maximum Gasteiger partial charge on any atom is 0.387 e. The Morgan fingerprint density at radius 3 is 2.62 bits per heavy atom. The van der Waals surface area contributed by atoms with E-state index in [0.717, 1.165) is 12.3 Å². The number of ether oxygens (including phenoxy) is 2. The number of halogens is 3. The van der Waals surface area contributed by atoms with E-state index in [2.05, 4.69) is 9.72 Å². The summed E-state index contributed by atoms with van der Waals surface area (Å²) in [6.07, 6.45) is 2.08. The third-order valence-corrected chi connectivity index (χ3v) is 3.86. The van der Waals surface area contributed by atoms with Crippen molar-refractivity contribution in [2.45, 2.75) is 32.5 Å². The fourth-order valence-electron chi connectivity index (χ4n) is 2.84. The molecule has 0 amide bonds. The lowest BCUT2D eigenvalue weighted by Gasteiger charge is -2.40. The van der Waals surface area contributed by atoms with Crippen molar-refractivity contribution in [3.8, 4) is 11.8 Å². The van der Waals surface area contributed by atoms with Crippen LogP contribution in [0.15, 0.2) is 23.9 Å². The van der Waals surface area contributed by atoms with Gasteiger partial charge in [-0.15, -0.1) is 0 Å². The molecule has 0 saturated heterocycles. The molecule has 1 atom stereocenters. The topological polar surface area (TPSA) is 72.2 Å². The fourth-order valence-corrected chi connectivity index (χ4v) is 2.84. The summed E-state index contributed by atoms with van der Waals surface area (Å²) in [5.74, 6) is -1.77. The molecule has 0 aliphatic heterocycles. The highest BCUT2D eigenvalue weighted by Crippen LogP contribution is 2.47. The predicted octanol–water partition coefficient (Wildman–Crippen LogP) is 3.11. The zero-order valence-electron chi connectivity index (χ0n) is 13.3. The Kier molecular flexibility index (Phi) is 4.67. The van der Waals surface area contributed by atoms with E-state index in [1.54, 1.807) is 19.9 Å². The number of carbonyl (C=O) groups excluding carboxylic acids is 1. The molecule has 1 heterocycles. The summed E-state index contributed by atoms with van der Waals surface area (Å²) in [5, 5.41) is 9.20. The van der Waals surface area contributed by atoms with Crippen LogP contribution in [0.5, 0.6) is 5.75 Å². The van der Waals surface area contributed by atoms with E-state index in [0.29, 0.717) is 0 Å². The molecule has 0 bridgehead atoms. The standard InChI is InChI=1S/C16H15F3N2O3/c1-15(2)8-16(23-3,5-9(6-20)13(15)22)12-11(24-14(18)19)4-10(17)7-21-12/h4-5,7,14H,8H2,1-3H3. The van der Waals surface area contributed by atoms with E-state index < -0.39 is 35.0 Å². The summed E-state index contributed by atoms with van der Waals surface area (Å²) in [6.45, 7) is 0.00813. The van der Waals surface area contributed by atoms with Crippen molar-refractivity contribution in [2.24, 2.45) is 5.41 Å². The van der Waals surface area contributed by atoms with Crippen LogP contribution in [-0.4, -0.2) is 24.5 Å². The van der Waals surface area contributed by atoms with Gasteiger partial charge in [0.1, 0.15) is 23.2 Å².